The minimum absolute atomic E-state index is 0.233. The van der Waals surface area contributed by atoms with Crippen molar-refractivity contribution in [2.45, 2.75) is 84.7 Å². The highest BCUT2D eigenvalue weighted by atomic mass is 16.5. The summed E-state index contributed by atoms with van der Waals surface area (Å²) in [7, 11) is 0. The van der Waals surface area contributed by atoms with Crippen LogP contribution < -0.4 is 0 Å². The molecule has 3 rings (SSSR count). The van der Waals surface area contributed by atoms with Gasteiger partial charge in [0.05, 0.1) is 5.60 Å². The molecule has 3 aliphatic rings. The first-order valence-corrected chi connectivity index (χ1v) is 8.59. The van der Waals surface area contributed by atoms with Gasteiger partial charge in [0, 0.05) is 6.61 Å². The number of rotatable bonds is 1. The van der Waals surface area contributed by atoms with Crippen molar-refractivity contribution in [2.24, 2.45) is 22.7 Å². The van der Waals surface area contributed by atoms with Gasteiger partial charge in [-0.2, -0.15) is 0 Å². The molecule has 0 aromatic rings. The number of hydrogen-bond acceptors (Lipinski definition) is 1. The van der Waals surface area contributed by atoms with Gasteiger partial charge in [0.2, 0.25) is 0 Å². The lowest BCUT2D eigenvalue weighted by molar-refractivity contribution is -0.222. The first-order chi connectivity index (χ1) is 8.95. The zero-order valence-electron chi connectivity index (χ0n) is 13.4. The van der Waals surface area contributed by atoms with E-state index in [1.165, 1.54) is 51.4 Å². The molecular weight excluding hydrogens is 232 g/mol. The fourth-order valence-electron chi connectivity index (χ4n) is 6.32. The Balaban J connectivity index is 1.97. The first kappa shape index (κ1) is 13.9. The van der Waals surface area contributed by atoms with E-state index in [0.717, 1.165) is 18.4 Å². The quantitative estimate of drug-likeness (QED) is 0.633. The molecule has 0 aromatic carbocycles. The van der Waals surface area contributed by atoms with Crippen molar-refractivity contribution in [1.82, 2.24) is 0 Å². The molecular formula is C18H32O. The molecule has 3 fully saturated rings. The Bertz CT molecular complexity index is 348. The van der Waals surface area contributed by atoms with Crippen LogP contribution in [-0.2, 0) is 4.74 Å². The second kappa shape index (κ2) is 4.48. The van der Waals surface area contributed by atoms with Gasteiger partial charge in [-0.25, -0.2) is 0 Å². The van der Waals surface area contributed by atoms with Crippen LogP contribution in [0.2, 0.25) is 0 Å². The van der Waals surface area contributed by atoms with Crippen LogP contribution in [-0.4, -0.2) is 12.2 Å². The lowest BCUT2D eigenvalue weighted by atomic mass is 9.44. The van der Waals surface area contributed by atoms with Gasteiger partial charge in [-0.15, -0.1) is 0 Å². The average Bonchev–Trinajstić information content (AvgIpc) is 2.38. The summed E-state index contributed by atoms with van der Waals surface area (Å²) in [6.45, 7) is 11.0. The Hall–Kier alpha value is -0.0400. The van der Waals surface area contributed by atoms with Crippen LogP contribution in [0.1, 0.15) is 79.1 Å². The average molecular weight is 264 g/mol. The van der Waals surface area contributed by atoms with E-state index in [9.17, 15) is 0 Å². The maximum Gasteiger partial charge on any atom is 0.0713 e. The maximum absolute atomic E-state index is 6.40. The standard InChI is InChI=1S/C18H32O/c1-5-18-12-9-14-16(2,3)10-7-11-17(14,4)15(18)8-6-13-19-18/h14-15H,5-13H2,1-4H3. The molecule has 0 aromatic heterocycles. The van der Waals surface area contributed by atoms with Gasteiger partial charge in [0.1, 0.15) is 0 Å². The molecule has 2 saturated carbocycles. The molecule has 0 radical (unpaired) electrons. The third kappa shape index (κ3) is 1.91. The van der Waals surface area contributed by atoms with Crippen LogP contribution in [0.5, 0.6) is 0 Å². The molecule has 1 nitrogen and oxygen atoms in total. The van der Waals surface area contributed by atoms with Crippen molar-refractivity contribution in [3.63, 3.8) is 0 Å². The molecule has 110 valence electrons. The van der Waals surface area contributed by atoms with Crippen LogP contribution in [0, 0.1) is 22.7 Å². The van der Waals surface area contributed by atoms with Gasteiger partial charge < -0.3 is 4.74 Å². The molecule has 1 aliphatic heterocycles. The Morgan fingerprint density at radius 1 is 0.947 bits per heavy atom. The highest BCUT2D eigenvalue weighted by Crippen LogP contribution is 2.64. The monoisotopic (exact) mass is 264 g/mol. The molecule has 4 atom stereocenters. The van der Waals surface area contributed by atoms with E-state index in [4.69, 9.17) is 4.74 Å². The second-order valence-electron chi connectivity index (χ2n) is 8.40. The summed E-state index contributed by atoms with van der Waals surface area (Å²) in [6.07, 6.45) is 10.9. The van der Waals surface area contributed by atoms with Gasteiger partial charge in [-0.1, -0.05) is 34.1 Å². The minimum Gasteiger partial charge on any atom is -0.375 e. The van der Waals surface area contributed by atoms with E-state index in [-0.39, 0.29) is 5.60 Å². The zero-order chi connectivity index (χ0) is 13.7. The largest absolute Gasteiger partial charge is 0.375 e. The molecule has 19 heavy (non-hydrogen) atoms. The maximum atomic E-state index is 6.40. The van der Waals surface area contributed by atoms with Gasteiger partial charge in [-0.3, -0.25) is 0 Å². The minimum atomic E-state index is 0.233. The summed E-state index contributed by atoms with van der Waals surface area (Å²) < 4.78 is 6.40. The Kier molecular flexibility index (Phi) is 3.28. The Morgan fingerprint density at radius 3 is 2.47 bits per heavy atom. The summed E-state index contributed by atoms with van der Waals surface area (Å²) >= 11 is 0. The predicted molar refractivity (Wildman–Crippen MR) is 80.2 cm³/mol. The van der Waals surface area contributed by atoms with Crippen molar-refractivity contribution in [2.75, 3.05) is 6.61 Å². The van der Waals surface area contributed by atoms with Gasteiger partial charge in [0.25, 0.3) is 0 Å². The van der Waals surface area contributed by atoms with E-state index >= 15 is 0 Å². The molecule has 0 N–H and O–H groups in total. The van der Waals surface area contributed by atoms with Gasteiger partial charge in [0.15, 0.2) is 0 Å². The van der Waals surface area contributed by atoms with Gasteiger partial charge in [-0.05, 0) is 67.6 Å². The molecule has 0 amide bonds. The molecule has 0 bridgehead atoms. The third-order valence-electron chi connectivity index (χ3n) is 7.19. The molecule has 1 heteroatoms. The van der Waals surface area contributed by atoms with Crippen LogP contribution in [0.4, 0.5) is 0 Å². The predicted octanol–water partition coefficient (Wildman–Crippen LogP) is 5.19. The van der Waals surface area contributed by atoms with Crippen molar-refractivity contribution in [1.29, 1.82) is 0 Å². The molecule has 0 spiro atoms. The van der Waals surface area contributed by atoms with E-state index in [1.807, 2.05) is 0 Å². The van der Waals surface area contributed by atoms with Crippen LogP contribution in [0.25, 0.3) is 0 Å². The van der Waals surface area contributed by atoms with Crippen molar-refractivity contribution in [3.05, 3.63) is 0 Å². The summed E-state index contributed by atoms with van der Waals surface area (Å²) in [5, 5.41) is 0. The summed E-state index contributed by atoms with van der Waals surface area (Å²) in [5.41, 5.74) is 1.32. The smallest absolute Gasteiger partial charge is 0.0713 e. The van der Waals surface area contributed by atoms with E-state index in [0.29, 0.717) is 10.8 Å². The van der Waals surface area contributed by atoms with Crippen molar-refractivity contribution < 1.29 is 4.74 Å². The number of ether oxygens (including phenoxy) is 1. The Labute approximate surface area is 119 Å². The van der Waals surface area contributed by atoms with Gasteiger partial charge >= 0.3 is 0 Å². The fourth-order valence-corrected chi connectivity index (χ4v) is 6.32. The number of fused-ring (bicyclic) bond motifs is 3. The SMILES string of the molecule is CCC12CCC3C(C)(C)CCCC3(C)C1CCCO2. The summed E-state index contributed by atoms with van der Waals surface area (Å²) in [4.78, 5) is 0. The first-order valence-electron chi connectivity index (χ1n) is 8.59. The molecule has 4 unspecified atom stereocenters. The molecule has 2 aliphatic carbocycles. The van der Waals surface area contributed by atoms with Crippen molar-refractivity contribution >= 4 is 0 Å². The highest BCUT2D eigenvalue weighted by molar-refractivity contribution is 5.09. The third-order valence-corrected chi connectivity index (χ3v) is 7.19. The van der Waals surface area contributed by atoms with Crippen LogP contribution in [0.3, 0.4) is 0 Å². The normalized spacial score (nSPS) is 49.3. The van der Waals surface area contributed by atoms with Crippen LogP contribution >= 0.6 is 0 Å². The Morgan fingerprint density at radius 2 is 1.74 bits per heavy atom. The topological polar surface area (TPSA) is 9.23 Å². The van der Waals surface area contributed by atoms with Crippen LogP contribution in [0.15, 0.2) is 0 Å². The van der Waals surface area contributed by atoms with E-state index in [2.05, 4.69) is 27.7 Å². The van der Waals surface area contributed by atoms with E-state index in [1.54, 1.807) is 0 Å². The highest BCUT2D eigenvalue weighted by Gasteiger charge is 2.60. The lowest BCUT2D eigenvalue weighted by Gasteiger charge is -2.64. The molecule has 1 heterocycles. The molecule has 1 saturated heterocycles. The van der Waals surface area contributed by atoms with E-state index < -0.39 is 0 Å². The summed E-state index contributed by atoms with van der Waals surface area (Å²) in [5.74, 6) is 1.73. The van der Waals surface area contributed by atoms with Crippen molar-refractivity contribution in [3.8, 4) is 0 Å². The lowest BCUT2D eigenvalue weighted by Crippen LogP contribution is -2.60. The number of hydrogen-bond donors (Lipinski definition) is 0. The second-order valence-corrected chi connectivity index (χ2v) is 8.40. The fraction of sp³-hybridized carbons (Fsp3) is 1.00. The summed E-state index contributed by atoms with van der Waals surface area (Å²) in [6, 6.07) is 0. The zero-order valence-corrected chi connectivity index (χ0v) is 13.4.